The topological polar surface area (TPSA) is 107 Å². The Labute approximate surface area is 258 Å². The predicted molar refractivity (Wildman–Crippen MR) is 162 cm³/mol. The molecule has 43 heavy (non-hydrogen) atoms. The highest BCUT2D eigenvalue weighted by Gasteiger charge is 2.26. The van der Waals surface area contributed by atoms with E-state index in [4.69, 9.17) is 32.1 Å². The summed E-state index contributed by atoms with van der Waals surface area (Å²) in [5.74, 6) is -0.426. The number of aliphatic hydroxyl groups is 1. The molecule has 0 aliphatic heterocycles. The molecule has 4 aromatic rings. The minimum absolute atomic E-state index is 0.0192. The summed E-state index contributed by atoms with van der Waals surface area (Å²) in [6.45, 7) is 1.31. The summed E-state index contributed by atoms with van der Waals surface area (Å²) < 4.78 is 49.6. The third-order valence-electron chi connectivity index (χ3n) is 6.60. The maximum absolute atomic E-state index is 14.4. The van der Waals surface area contributed by atoms with Crippen molar-refractivity contribution < 1.29 is 36.4 Å². The van der Waals surface area contributed by atoms with Crippen molar-refractivity contribution in [1.29, 1.82) is 0 Å². The van der Waals surface area contributed by atoms with Crippen LogP contribution in [0.1, 0.15) is 38.3 Å². The smallest absolute Gasteiger partial charge is 0.297 e. The van der Waals surface area contributed by atoms with Crippen LogP contribution in [-0.4, -0.2) is 44.9 Å². The number of benzene rings is 4. The van der Waals surface area contributed by atoms with Crippen LogP contribution in [-0.2, 0) is 20.7 Å². The largest absolute Gasteiger partial charge is 0.496 e. The fourth-order valence-corrected chi connectivity index (χ4v) is 6.09. The number of ketones is 2. The molecule has 4 aromatic carbocycles. The van der Waals surface area contributed by atoms with E-state index in [0.717, 1.165) is 5.56 Å². The fraction of sp³-hybridized carbons (Fsp3) is 0.188. The van der Waals surface area contributed by atoms with Crippen molar-refractivity contribution in [2.24, 2.45) is 0 Å². The Morgan fingerprint density at radius 1 is 0.884 bits per heavy atom. The molecule has 0 saturated carbocycles. The second-order valence-corrected chi connectivity index (χ2v) is 12.2. The number of carbonyl (C=O) groups excluding carboxylic acids is 2. The molecule has 11 heteroatoms. The van der Waals surface area contributed by atoms with Crippen LogP contribution in [0, 0.1) is 12.7 Å². The molecule has 0 unspecified atom stereocenters. The zero-order valence-electron chi connectivity index (χ0n) is 23.1. The van der Waals surface area contributed by atoms with E-state index >= 15 is 0 Å². The zero-order valence-corrected chi connectivity index (χ0v) is 25.5. The van der Waals surface area contributed by atoms with Gasteiger partial charge in [-0.1, -0.05) is 71.2 Å². The minimum Gasteiger partial charge on any atom is -0.496 e. The molecule has 0 radical (unpaired) electrons. The van der Waals surface area contributed by atoms with E-state index in [1.54, 1.807) is 54.6 Å². The lowest BCUT2D eigenvalue weighted by Gasteiger charge is -2.18. The molecule has 1 atom stereocenters. The molecule has 0 bridgehead atoms. The van der Waals surface area contributed by atoms with Gasteiger partial charge in [0.2, 0.25) is 0 Å². The number of methoxy groups -OCH3 is 1. The average Bonchev–Trinajstić information content (AvgIpc) is 3.25. The standard InChI is InChI=1S/C23H21Cl2FO5S.C9H6O2/c1-14-6-8-18(9-7-14)32(28,29)31-13-17(27)11-15-10-16(26)12-19(23(15)30-2)22-20(24)4-3-5-21(22)25;10-8-5-9(11)7-4-2-1-3-6(7)8/h3-10,12,17,27H,11,13H2,1-2H3;1-4H,5H2/t17-;/m0./s1. The van der Waals surface area contributed by atoms with Crippen LogP contribution in [0.2, 0.25) is 10.0 Å². The quantitative estimate of drug-likeness (QED) is 0.165. The van der Waals surface area contributed by atoms with Gasteiger partial charge in [-0.2, -0.15) is 8.42 Å². The monoisotopic (exact) mass is 644 g/mol. The summed E-state index contributed by atoms with van der Waals surface area (Å²) in [7, 11) is -2.65. The van der Waals surface area contributed by atoms with Crippen LogP contribution in [0.3, 0.4) is 0 Å². The van der Waals surface area contributed by atoms with Gasteiger partial charge in [-0.3, -0.25) is 13.8 Å². The van der Waals surface area contributed by atoms with Gasteiger partial charge in [0, 0.05) is 34.2 Å². The van der Waals surface area contributed by atoms with E-state index in [1.807, 2.05) is 6.92 Å². The molecule has 1 aliphatic rings. The van der Waals surface area contributed by atoms with Crippen molar-refractivity contribution in [2.45, 2.75) is 30.8 Å². The van der Waals surface area contributed by atoms with Gasteiger partial charge in [0.1, 0.15) is 11.6 Å². The number of ether oxygens (including phenoxy) is 1. The van der Waals surface area contributed by atoms with Gasteiger partial charge in [-0.15, -0.1) is 0 Å². The number of carbonyl (C=O) groups is 2. The predicted octanol–water partition coefficient (Wildman–Crippen LogP) is 6.88. The number of aryl methyl sites for hydroxylation is 1. The Bertz CT molecular complexity index is 1720. The highest BCUT2D eigenvalue weighted by atomic mass is 35.5. The van der Waals surface area contributed by atoms with Crippen LogP contribution in [0.5, 0.6) is 5.75 Å². The van der Waals surface area contributed by atoms with Crippen LogP contribution in [0.25, 0.3) is 11.1 Å². The van der Waals surface area contributed by atoms with Crippen LogP contribution >= 0.6 is 23.2 Å². The molecular formula is C32H27Cl2FO7S. The average molecular weight is 646 g/mol. The molecule has 0 amide bonds. The van der Waals surface area contributed by atoms with Gasteiger partial charge in [0.05, 0.1) is 41.2 Å². The van der Waals surface area contributed by atoms with Crippen LogP contribution < -0.4 is 4.74 Å². The Morgan fingerprint density at radius 3 is 2.02 bits per heavy atom. The molecule has 0 fully saturated rings. The summed E-state index contributed by atoms with van der Waals surface area (Å²) in [5, 5.41) is 11.0. The van der Waals surface area contributed by atoms with E-state index in [-0.39, 0.29) is 35.1 Å². The van der Waals surface area contributed by atoms with Crippen LogP contribution in [0.4, 0.5) is 4.39 Å². The summed E-state index contributed by atoms with van der Waals surface area (Å²) in [4.78, 5) is 22.1. The maximum atomic E-state index is 14.4. The van der Waals surface area contributed by atoms with E-state index < -0.39 is 28.6 Å². The lowest BCUT2D eigenvalue weighted by molar-refractivity contribution is 0.0923. The van der Waals surface area contributed by atoms with E-state index in [2.05, 4.69) is 0 Å². The Morgan fingerprint density at radius 2 is 1.47 bits per heavy atom. The number of hydrogen-bond acceptors (Lipinski definition) is 7. The summed E-state index contributed by atoms with van der Waals surface area (Å²) >= 11 is 12.5. The number of rotatable bonds is 8. The molecule has 7 nitrogen and oxygen atoms in total. The highest BCUT2D eigenvalue weighted by Crippen LogP contribution is 2.42. The maximum Gasteiger partial charge on any atom is 0.297 e. The van der Waals surface area contributed by atoms with Crippen molar-refractivity contribution in [3.63, 3.8) is 0 Å². The molecule has 0 aromatic heterocycles. The normalized spacial score (nSPS) is 13.3. The van der Waals surface area contributed by atoms with E-state index in [0.29, 0.717) is 37.9 Å². The lowest BCUT2D eigenvalue weighted by atomic mass is 9.98. The molecule has 0 spiro atoms. The molecule has 1 N–H and O–H groups in total. The first-order valence-electron chi connectivity index (χ1n) is 13.0. The first-order valence-corrected chi connectivity index (χ1v) is 15.2. The van der Waals surface area contributed by atoms with Gasteiger partial charge in [0.25, 0.3) is 10.1 Å². The van der Waals surface area contributed by atoms with Crippen molar-refractivity contribution in [2.75, 3.05) is 13.7 Å². The van der Waals surface area contributed by atoms with Gasteiger partial charge in [-0.25, -0.2) is 4.39 Å². The molecule has 0 saturated heterocycles. The third-order valence-corrected chi connectivity index (χ3v) is 8.52. The van der Waals surface area contributed by atoms with Gasteiger partial charge in [-0.05, 0) is 43.3 Å². The second-order valence-electron chi connectivity index (χ2n) is 9.72. The number of Topliss-reactive ketones (excluding diaryl/α,β-unsaturated/α-hetero) is 2. The SMILES string of the molecule is COc1c(C[C@H](O)COS(=O)(=O)c2ccc(C)cc2)cc(F)cc1-c1c(Cl)cccc1Cl.O=C1CC(=O)c2ccccc21. The Hall–Kier alpha value is -3.60. The first-order chi connectivity index (χ1) is 20.4. The molecule has 1 aliphatic carbocycles. The summed E-state index contributed by atoms with van der Waals surface area (Å²) in [5.41, 5.74) is 3.08. The van der Waals surface area contributed by atoms with Gasteiger partial charge >= 0.3 is 0 Å². The first kappa shape index (κ1) is 32.3. The fourth-order valence-electron chi connectivity index (χ4n) is 4.54. The van der Waals surface area contributed by atoms with Crippen molar-refractivity contribution in [3.8, 4) is 16.9 Å². The summed E-state index contributed by atoms with van der Waals surface area (Å²) in [6.07, 6.45) is -1.32. The van der Waals surface area contributed by atoms with E-state index in [1.165, 1.54) is 31.4 Å². The van der Waals surface area contributed by atoms with Gasteiger partial charge < -0.3 is 9.84 Å². The van der Waals surface area contributed by atoms with Crippen LogP contribution in [0.15, 0.2) is 83.8 Å². The Kier molecular flexibility index (Phi) is 10.4. The lowest BCUT2D eigenvalue weighted by Crippen LogP contribution is -2.21. The zero-order chi connectivity index (χ0) is 31.3. The van der Waals surface area contributed by atoms with Crippen molar-refractivity contribution >= 4 is 44.9 Å². The number of aliphatic hydroxyl groups excluding tert-OH is 1. The number of fused-ring (bicyclic) bond motifs is 1. The molecule has 224 valence electrons. The summed E-state index contributed by atoms with van der Waals surface area (Å²) in [6, 6.07) is 20.4. The third kappa shape index (κ3) is 7.68. The van der Waals surface area contributed by atoms with Gasteiger partial charge in [0.15, 0.2) is 11.6 Å². The molecule has 5 rings (SSSR count). The number of hydrogen-bond donors (Lipinski definition) is 1. The minimum atomic E-state index is -4.05. The highest BCUT2D eigenvalue weighted by molar-refractivity contribution is 7.86. The molecule has 0 heterocycles. The second kappa shape index (κ2) is 13.8. The van der Waals surface area contributed by atoms with E-state index in [9.17, 15) is 27.5 Å². The molecular weight excluding hydrogens is 618 g/mol. The van der Waals surface area contributed by atoms with Crippen molar-refractivity contribution in [1.82, 2.24) is 0 Å². The van der Waals surface area contributed by atoms with Crippen molar-refractivity contribution in [3.05, 3.63) is 117 Å². The Balaban J connectivity index is 0.000000319. The number of halogens is 3.